The molecule has 0 aliphatic heterocycles. The molecule has 4 nitrogen and oxygen atoms in total. The number of halogens is 4. The molecule has 40 heavy (non-hydrogen) atoms. The molecular formula is C31H42BrF3N2O2S. The van der Waals surface area contributed by atoms with E-state index in [1.807, 2.05) is 41.5 Å². The highest BCUT2D eigenvalue weighted by Crippen LogP contribution is 2.39. The molecular weight excluding hydrogens is 601 g/mol. The number of hydrogen-bond donors (Lipinski definition) is 2. The number of carbonyl (C=O) groups is 1. The second kappa shape index (κ2) is 20.4. The molecule has 0 heterocycles. The first-order valence-corrected chi connectivity index (χ1v) is 15.5. The standard InChI is InChI=1S/C25H24BrF3N2O2S.3C2H6/c1-33-22-15-17(9-12-23(22)34-30)24(32)31-18-10-11-19(16(14-18)6-4-5-13-26)20-7-2-3-8-21(20)25(27,28)29;3*1-2/h2-3,7-12,14-15H,4-6,13,30H2,1H3,(H,31,32);3*1-2H3. The number of carbonyl (C=O) groups excluding carboxylic acids is 1. The van der Waals surface area contributed by atoms with Crippen LogP contribution in [0.5, 0.6) is 5.75 Å². The van der Waals surface area contributed by atoms with E-state index in [1.165, 1.54) is 19.2 Å². The van der Waals surface area contributed by atoms with Gasteiger partial charge in [-0.05, 0) is 84.3 Å². The summed E-state index contributed by atoms with van der Waals surface area (Å²) in [6.07, 6.45) is -2.22. The van der Waals surface area contributed by atoms with Gasteiger partial charge in [0.15, 0.2) is 0 Å². The molecule has 3 N–H and O–H groups in total. The van der Waals surface area contributed by atoms with E-state index in [0.29, 0.717) is 33.9 Å². The zero-order valence-electron chi connectivity index (χ0n) is 24.4. The first-order valence-electron chi connectivity index (χ1n) is 13.5. The monoisotopic (exact) mass is 642 g/mol. The van der Waals surface area contributed by atoms with Gasteiger partial charge >= 0.3 is 6.18 Å². The lowest BCUT2D eigenvalue weighted by atomic mass is 9.92. The van der Waals surface area contributed by atoms with E-state index >= 15 is 0 Å². The fourth-order valence-corrected chi connectivity index (χ4v) is 4.43. The van der Waals surface area contributed by atoms with Crippen molar-refractivity contribution in [3.05, 3.63) is 77.4 Å². The quantitative estimate of drug-likeness (QED) is 0.138. The van der Waals surface area contributed by atoms with Crippen LogP contribution < -0.4 is 15.2 Å². The lowest BCUT2D eigenvalue weighted by molar-refractivity contribution is -0.137. The number of nitrogens with two attached hydrogens (primary N) is 1. The van der Waals surface area contributed by atoms with Crippen molar-refractivity contribution in [2.24, 2.45) is 5.14 Å². The van der Waals surface area contributed by atoms with Crippen molar-refractivity contribution in [3.63, 3.8) is 0 Å². The average molecular weight is 644 g/mol. The van der Waals surface area contributed by atoms with Crippen molar-refractivity contribution in [3.8, 4) is 16.9 Å². The predicted molar refractivity (Wildman–Crippen MR) is 169 cm³/mol. The molecule has 0 bridgehead atoms. The molecule has 0 unspecified atom stereocenters. The van der Waals surface area contributed by atoms with E-state index in [1.54, 1.807) is 42.5 Å². The molecule has 0 spiro atoms. The lowest BCUT2D eigenvalue weighted by Gasteiger charge is -2.17. The molecule has 222 valence electrons. The SMILES string of the molecule is CC.CC.CC.COc1cc(C(=O)Nc2ccc(-c3ccccc3C(F)(F)F)c(CCCCBr)c2)ccc1SN. The van der Waals surface area contributed by atoms with Crippen LogP contribution in [0.1, 0.15) is 75.9 Å². The number of amides is 1. The number of nitrogens with one attached hydrogen (secondary N) is 1. The summed E-state index contributed by atoms with van der Waals surface area (Å²) < 4.78 is 46.2. The maximum Gasteiger partial charge on any atom is 0.417 e. The van der Waals surface area contributed by atoms with E-state index in [4.69, 9.17) is 9.88 Å². The highest BCUT2D eigenvalue weighted by molar-refractivity contribution is 9.09. The molecule has 0 saturated carbocycles. The van der Waals surface area contributed by atoms with Gasteiger partial charge in [0.1, 0.15) is 5.75 Å². The summed E-state index contributed by atoms with van der Waals surface area (Å²) in [6.45, 7) is 12.0. The van der Waals surface area contributed by atoms with Crippen LogP contribution >= 0.6 is 27.9 Å². The normalized spacial score (nSPS) is 10.1. The number of alkyl halides is 4. The molecule has 3 aromatic carbocycles. The first kappa shape index (κ1) is 37.5. The third-order valence-corrected chi connectivity index (χ3v) is 6.42. The highest BCUT2D eigenvalue weighted by Gasteiger charge is 2.33. The summed E-state index contributed by atoms with van der Waals surface area (Å²) in [5.41, 5.74) is 1.57. The number of benzene rings is 3. The zero-order chi connectivity index (χ0) is 30.7. The summed E-state index contributed by atoms with van der Waals surface area (Å²) >= 11 is 4.41. The molecule has 0 saturated heterocycles. The Morgan fingerprint density at radius 2 is 1.57 bits per heavy atom. The van der Waals surface area contributed by atoms with Crippen LogP contribution in [0.2, 0.25) is 0 Å². The molecule has 9 heteroatoms. The molecule has 0 atom stereocenters. The lowest BCUT2D eigenvalue weighted by Crippen LogP contribution is -2.13. The third kappa shape index (κ3) is 11.2. The van der Waals surface area contributed by atoms with Crippen molar-refractivity contribution in [2.75, 3.05) is 17.8 Å². The maximum absolute atomic E-state index is 13.6. The molecule has 0 aliphatic rings. The van der Waals surface area contributed by atoms with Gasteiger partial charge in [-0.1, -0.05) is 81.7 Å². The fraction of sp³-hybridized carbons (Fsp3) is 0.387. The number of unbranched alkanes of at least 4 members (excludes halogenated alkanes) is 1. The van der Waals surface area contributed by atoms with Crippen LogP contribution in [0.15, 0.2) is 65.6 Å². The number of rotatable bonds is 9. The number of methoxy groups -OCH3 is 1. The van der Waals surface area contributed by atoms with Gasteiger partial charge < -0.3 is 10.1 Å². The van der Waals surface area contributed by atoms with Gasteiger partial charge in [0.2, 0.25) is 0 Å². The minimum atomic E-state index is -4.47. The maximum atomic E-state index is 13.6. The van der Waals surface area contributed by atoms with Crippen LogP contribution in [0.25, 0.3) is 11.1 Å². The largest absolute Gasteiger partial charge is 0.496 e. The molecule has 0 radical (unpaired) electrons. The summed E-state index contributed by atoms with van der Waals surface area (Å²) in [5, 5.41) is 9.24. The van der Waals surface area contributed by atoms with Crippen LogP contribution in [-0.2, 0) is 12.6 Å². The minimum absolute atomic E-state index is 0.126. The topological polar surface area (TPSA) is 64.3 Å². The molecule has 0 fully saturated rings. The van der Waals surface area contributed by atoms with Crippen molar-refractivity contribution in [1.82, 2.24) is 0 Å². The Morgan fingerprint density at radius 1 is 0.925 bits per heavy atom. The van der Waals surface area contributed by atoms with E-state index in [2.05, 4.69) is 21.2 Å². The van der Waals surface area contributed by atoms with Gasteiger partial charge in [-0.25, -0.2) is 0 Å². The Balaban J connectivity index is 0.00000237. The van der Waals surface area contributed by atoms with Gasteiger partial charge in [-0.3, -0.25) is 9.93 Å². The summed E-state index contributed by atoms with van der Waals surface area (Å²) in [7, 11) is 1.49. The first-order chi connectivity index (χ1) is 19.3. The Bertz CT molecular complexity index is 1160. The van der Waals surface area contributed by atoms with Gasteiger partial charge in [0.05, 0.1) is 17.6 Å². The molecule has 1 amide bonds. The zero-order valence-corrected chi connectivity index (χ0v) is 26.8. The van der Waals surface area contributed by atoms with E-state index in [0.717, 1.165) is 41.7 Å². The average Bonchev–Trinajstić information content (AvgIpc) is 2.99. The van der Waals surface area contributed by atoms with E-state index < -0.39 is 11.7 Å². The van der Waals surface area contributed by atoms with Crippen molar-refractivity contribution in [1.29, 1.82) is 0 Å². The van der Waals surface area contributed by atoms with Gasteiger partial charge in [-0.2, -0.15) is 13.2 Å². The molecule has 0 aromatic heterocycles. The summed E-state index contributed by atoms with van der Waals surface area (Å²) in [6, 6.07) is 15.5. The Morgan fingerprint density at radius 3 is 2.15 bits per heavy atom. The minimum Gasteiger partial charge on any atom is -0.496 e. The molecule has 0 aliphatic carbocycles. The smallest absolute Gasteiger partial charge is 0.417 e. The second-order valence-electron chi connectivity index (χ2n) is 7.50. The van der Waals surface area contributed by atoms with E-state index in [-0.39, 0.29) is 11.5 Å². The van der Waals surface area contributed by atoms with Gasteiger partial charge in [0.25, 0.3) is 5.91 Å². The molecule has 3 aromatic rings. The highest BCUT2D eigenvalue weighted by atomic mass is 79.9. The number of anilines is 1. The Hall–Kier alpha value is -2.49. The Labute approximate surface area is 250 Å². The van der Waals surface area contributed by atoms with Crippen molar-refractivity contribution in [2.45, 2.75) is 71.9 Å². The summed E-state index contributed by atoms with van der Waals surface area (Å²) in [4.78, 5) is 13.5. The number of hydrogen-bond acceptors (Lipinski definition) is 4. The van der Waals surface area contributed by atoms with Gasteiger partial charge in [0, 0.05) is 16.6 Å². The molecule has 3 rings (SSSR count). The number of aryl methyl sites for hydroxylation is 1. The van der Waals surface area contributed by atoms with Crippen LogP contribution in [0.4, 0.5) is 18.9 Å². The van der Waals surface area contributed by atoms with E-state index in [9.17, 15) is 18.0 Å². The number of ether oxygens (including phenoxy) is 1. The van der Waals surface area contributed by atoms with Crippen LogP contribution in [0.3, 0.4) is 0 Å². The second-order valence-corrected chi connectivity index (χ2v) is 8.97. The summed E-state index contributed by atoms with van der Waals surface area (Å²) in [5.74, 6) is 0.122. The third-order valence-electron chi connectivity index (χ3n) is 5.27. The Kier molecular flexibility index (Phi) is 19.1. The van der Waals surface area contributed by atoms with Crippen LogP contribution in [0, 0.1) is 0 Å². The van der Waals surface area contributed by atoms with Crippen LogP contribution in [-0.4, -0.2) is 18.3 Å². The van der Waals surface area contributed by atoms with Crippen molar-refractivity contribution >= 4 is 39.5 Å². The van der Waals surface area contributed by atoms with Crippen molar-refractivity contribution < 1.29 is 22.7 Å². The van der Waals surface area contributed by atoms with Gasteiger partial charge in [-0.15, -0.1) is 0 Å². The predicted octanol–water partition coefficient (Wildman–Crippen LogP) is 10.4. The fourth-order valence-electron chi connectivity index (χ4n) is 3.63.